The van der Waals surface area contributed by atoms with E-state index < -0.39 is 0 Å². The highest BCUT2D eigenvalue weighted by atomic mass is 79.9. The molecule has 1 saturated heterocycles. The molecule has 0 saturated carbocycles. The van der Waals surface area contributed by atoms with E-state index in [1.165, 1.54) is 37.3 Å². The van der Waals surface area contributed by atoms with Crippen molar-refractivity contribution in [2.24, 2.45) is 0 Å². The van der Waals surface area contributed by atoms with Gasteiger partial charge in [-0.15, -0.1) is 0 Å². The highest BCUT2D eigenvalue weighted by molar-refractivity contribution is 9.10. The molecule has 2 rings (SSSR count). The van der Waals surface area contributed by atoms with Crippen LogP contribution in [-0.2, 0) is 0 Å². The maximum absolute atomic E-state index is 9.96. The first-order valence-electron chi connectivity index (χ1n) is 6.64. The monoisotopic (exact) mass is 314 g/mol. The topological polar surface area (TPSA) is 33.9 Å². The second kappa shape index (κ2) is 7.12. The molecular formula is C14H21BrNO2+. The Morgan fingerprint density at radius 1 is 1.17 bits per heavy atom. The van der Waals surface area contributed by atoms with E-state index in [4.69, 9.17) is 4.74 Å². The van der Waals surface area contributed by atoms with Gasteiger partial charge in [0, 0.05) is 4.47 Å². The minimum atomic E-state index is -0.373. The van der Waals surface area contributed by atoms with Gasteiger partial charge in [0.2, 0.25) is 0 Å². The largest absolute Gasteiger partial charge is 0.491 e. The molecule has 4 heteroatoms. The third-order valence-corrected chi connectivity index (χ3v) is 3.87. The molecule has 0 radical (unpaired) electrons. The van der Waals surface area contributed by atoms with Crippen molar-refractivity contribution < 1.29 is 14.7 Å². The molecule has 0 spiro atoms. The molecule has 1 heterocycles. The van der Waals surface area contributed by atoms with Gasteiger partial charge in [-0.05, 0) is 43.5 Å². The summed E-state index contributed by atoms with van der Waals surface area (Å²) >= 11 is 3.38. The number of halogens is 1. The molecule has 3 nitrogen and oxygen atoms in total. The summed E-state index contributed by atoms with van der Waals surface area (Å²) in [6, 6.07) is 7.70. The van der Waals surface area contributed by atoms with Crippen LogP contribution < -0.4 is 9.64 Å². The van der Waals surface area contributed by atoms with Crippen LogP contribution in [0, 0.1) is 0 Å². The van der Waals surface area contributed by atoms with Crippen LogP contribution in [-0.4, -0.2) is 37.5 Å². The Morgan fingerprint density at radius 3 is 2.50 bits per heavy atom. The van der Waals surface area contributed by atoms with E-state index in [1.54, 1.807) is 0 Å². The Bertz CT molecular complexity index is 349. The Hall–Kier alpha value is -0.580. The van der Waals surface area contributed by atoms with Crippen LogP contribution in [0.1, 0.15) is 19.3 Å². The second-order valence-electron chi connectivity index (χ2n) is 4.93. The fraction of sp³-hybridized carbons (Fsp3) is 0.571. The SMILES string of the molecule is OC(COc1ccc(Br)cc1)C[NH+]1CCCCC1. The molecular weight excluding hydrogens is 294 g/mol. The van der Waals surface area contributed by atoms with Crippen LogP contribution in [0.4, 0.5) is 0 Å². The van der Waals surface area contributed by atoms with Gasteiger partial charge in [0.25, 0.3) is 0 Å². The maximum atomic E-state index is 9.96. The Balaban J connectivity index is 1.70. The normalized spacial score (nSPS) is 18.6. The summed E-state index contributed by atoms with van der Waals surface area (Å²) in [7, 11) is 0. The molecule has 1 atom stereocenters. The van der Waals surface area contributed by atoms with Crippen LogP contribution in [0.25, 0.3) is 0 Å². The van der Waals surface area contributed by atoms with E-state index in [9.17, 15) is 5.11 Å². The number of nitrogens with one attached hydrogen (secondary N) is 1. The first-order valence-corrected chi connectivity index (χ1v) is 7.43. The summed E-state index contributed by atoms with van der Waals surface area (Å²) in [5.74, 6) is 0.811. The molecule has 0 bridgehead atoms. The zero-order chi connectivity index (χ0) is 12.8. The molecule has 0 aromatic heterocycles. The summed E-state index contributed by atoms with van der Waals surface area (Å²) in [4.78, 5) is 1.51. The zero-order valence-corrected chi connectivity index (χ0v) is 12.2. The van der Waals surface area contributed by atoms with Gasteiger partial charge in [-0.1, -0.05) is 15.9 Å². The number of piperidine rings is 1. The zero-order valence-electron chi connectivity index (χ0n) is 10.6. The van der Waals surface area contributed by atoms with Gasteiger partial charge in [-0.3, -0.25) is 0 Å². The highest BCUT2D eigenvalue weighted by Gasteiger charge is 2.18. The minimum absolute atomic E-state index is 0.373. The van der Waals surface area contributed by atoms with Crippen molar-refractivity contribution in [2.45, 2.75) is 25.4 Å². The summed E-state index contributed by atoms with van der Waals surface area (Å²) in [6.45, 7) is 3.56. The number of benzene rings is 1. The highest BCUT2D eigenvalue weighted by Crippen LogP contribution is 2.16. The van der Waals surface area contributed by atoms with Crippen LogP contribution >= 0.6 is 15.9 Å². The van der Waals surface area contributed by atoms with Crippen LogP contribution in [0.2, 0.25) is 0 Å². The van der Waals surface area contributed by atoms with E-state index in [1.807, 2.05) is 24.3 Å². The molecule has 1 aliphatic heterocycles. The third kappa shape index (κ3) is 4.59. The summed E-state index contributed by atoms with van der Waals surface area (Å²) in [6.07, 6.45) is 3.54. The summed E-state index contributed by atoms with van der Waals surface area (Å²) < 4.78 is 6.62. The predicted molar refractivity (Wildman–Crippen MR) is 75.1 cm³/mol. The lowest BCUT2D eigenvalue weighted by molar-refractivity contribution is -0.908. The molecule has 1 aliphatic rings. The van der Waals surface area contributed by atoms with Crippen LogP contribution in [0.15, 0.2) is 28.7 Å². The standard InChI is InChI=1S/C14H20BrNO2/c15-12-4-6-14(7-5-12)18-11-13(17)10-16-8-2-1-3-9-16/h4-7,13,17H,1-3,8-11H2/p+1. The van der Waals surface area contributed by atoms with Crippen molar-refractivity contribution in [1.29, 1.82) is 0 Å². The first kappa shape index (κ1) is 13.8. The van der Waals surface area contributed by atoms with Crippen LogP contribution in [0.5, 0.6) is 5.75 Å². The number of likely N-dealkylation sites (tertiary alicyclic amines) is 1. The Labute approximate surface area is 117 Å². The minimum Gasteiger partial charge on any atom is -0.491 e. The Morgan fingerprint density at radius 2 is 1.83 bits per heavy atom. The summed E-state index contributed by atoms with van der Waals surface area (Å²) in [5, 5.41) is 9.96. The quantitative estimate of drug-likeness (QED) is 0.858. The van der Waals surface area contributed by atoms with Crippen LogP contribution in [0.3, 0.4) is 0 Å². The lowest BCUT2D eigenvalue weighted by Gasteiger charge is -2.25. The summed E-state index contributed by atoms with van der Waals surface area (Å²) in [5.41, 5.74) is 0. The van der Waals surface area contributed by atoms with E-state index in [2.05, 4.69) is 15.9 Å². The maximum Gasteiger partial charge on any atom is 0.137 e. The number of hydrogen-bond donors (Lipinski definition) is 2. The van der Waals surface area contributed by atoms with Gasteiger partial charge in [-0.2, -0.15) is 0 Å². The average molecular weight is 315 g/mol. The number of quaternary nitrogens is 1. The molecule has 1 aromatic carbocycles. The van der Waals surface area contributed by atoms with Gasteiger partial charge < -0.3 is 14.7 Å². The van der Waals surface area contributed by atoms with E-state index in [-0.39, 0.29) is 6.10 Å². The number of hydrogen-bond acceptors (Lipinski definition) is 2. The number of aliphatic hydroxyl groups excluding tert-OH is 1. The molecule has 2 N–H and O–H groups in total. The molecule has 18 heavy (non-hydrogen) atoms. The van der Waals surface area contributed by atoms with Crippen molar-refractivity contribution >= 4 is 15.9 Å². The van der Waals surface area contributed by atoms with Crippen molar-refractivity contribution in [1.82, 2.24) is 0 Å². The van der Waals surface area contributed by atoms with E-state index in [0.717, 1.165) is 16.8 Å². The predicted octanol–water partition coefficient (Wildman–Crippen LogP) is 1.26. The average Bonchev–Trinajstić information content (AvgIpc) is 2.39. The molecule has 100 valence electrons. The third-order valence-electron chi connectivity index (χ3n) is 3.34. The first-order chi connectivity index (χ1) is 8.74. The molecule has 1 fully saturated rings. The van der Waals surface area contributed by atoms with Gasteiger partial charge in [0.05, 0.1) is 13.1 Å². The van der Waals surface area contributed by atoms with Gasteiger partial charge in [0.15, 0.2) is 0 Å². The van der Waals surface area contributed by atoms with Gasteiger partial charge in [0.1, 0.15) is 25.0 Å². The second-order valence-corrected chi connectivity index (χ2v) is 5.85. The van der Waals surface area contributed by atoms with E-state index in [0.29, 0.717) is 6.61 Å². The molecule has 1 unspecified atom stereocenters. The fourth-order valence-electron chi connectivity index (χ4n) is 2.37. The molecule has 1 aromatic rings. The van der Waals surface area contributed by atoms with E-state index >= 15 is 0 Å². The number of rotatable bonds is 5. The smallest absolute Gasteiger partial charge is 0.137 e. The molecule has 0 amide bonds. The fourth-order valence-corrected chi connectivity index (χ4v) is 2.64. The van der Waals surface area contributed by atoms with Crippen molar-refractivity contribution in [3.05, 3.63) is 28.7 Å². The molecule has 0 aliphatic carbocycles. The number of ether oxygens (including phenoxy) is 1. The van der Waals surface area contributed by atoms with Crippen molar-refractivity contribution in [3.8, 4) is 5.75 Å². The van der Waals surface area contributed by atoms with Gasteiger partial charge >= 0.3 is 0 Å². The lowest BCUT2D eigenvalue weighted by Crippen LogP contribution is -3.14. The number of aliphatic hydroxyl groups is 1. The van der Waals surface area contributed by atoms with Gasteiger partial charge in [-0.25, -0.2) is 0 Å². The Kier molecular flexibility index (Phi) is 5.47. The lowest BCUT2D eigenvalue weighted by atomic mass is 10.1. The van der Waals surface area contributed by atoms with Crippen molar-refractivity contribution in [3.63, 3.8) is 0 Å². The van der Waals surface area contributed by atoms with Crippen molar-refractivity contribution in [2.75, 3.05) is 26.2 Å².